The number of rotatable bonds is 2. The molecule has 0 saturated carbocycles. The van der Waals surface area contributed by atoms with Crippen molar-refractivity contribution < 1.29 is 0 Å². The second kappa shape index (κ2) is 4.37. The van der Waals surface area contributed by atoms with E-state index in [0.717, 1.165) is 22.4 Å². The zero-order valence-corrected chi connectivity index (χ0v) is 9.80. The molecule has 18 heavy (non-hydrogen) atoms. The average Bonchev–Trinajstić information content (AvgIpc) is 2.41. The van der Waals surface area contributed by atoms with Gasteiger partial charge in [-0.1, -0.05) is 30.3 Å². The van der Waals surface area contributed by atoms with Gasteiger partial charge in [0.05, 0.1) is 16.9 Å². The lowest BCUT2D eigenvalue weighted by molar-refractivity contribution is 1.37. The molecule has 0 aliphatic rings. The zero-order chi connectivity index (χ0) is 12.4. The van der Waals surface area contributed by atoms with E-state index in [4.69, 9.17) is 5.73 Å². The van der Waals surface area contributed by atoms with Crippen molar-refractivity contribution in [2.24, 2.45) is 0 Å². The number of benzene rings is 2. The van der Waals surface area contributed by atoms with E-state index in [1.807, 2.05) is 60.7 Å². The fourth-order valence-electron chi connectivity index (χ4n) is 1.88. The first-order valence-electron chi connectivity index (χ1n) is 5.80. The van der Waals surface area contributed by atoms with Gasteiger partial charge in [0, 0.05) is 5.39 Å². The molecular weight excluding hydrogens is 222 g/mol. The predicted octanol–water partition coefficient (Wildman–Crippen LogP) is 3.56. The van der Waals surface area contributed by atoms with Crippen LogP contribution in [-0.4, -0.2) is 4.98 Å². The van der Waals surface area contributed by atoms with Crippen LogP contribution < -0.4 is 11.1 Å². The molecule has 0 fully saturated rings. The number of hydrogen-bond acceptors (Lipinski definition) is 3. The zero-order valence-electron chi connectivity index (χ0n) is 9.80. The van der Waals surface area contributed by atoms with E-state index in [1.165, 1.54) is 0 Å². The molecule has 3 nitrogen and oxygen atoms in total. The van der Waals surface area contributed by atoms with Gasteiger partial charge in [0.25, 0.3) is 0 Å². The molecule has 3 N–H and O–H groups in total. The maximum Gasteiger partial charge on any atom is 0.131 e. The Balaban J connectivity index is 1.98. The number of nitrogens with one attached hydrogen (secondary N) is 1. The summed E-state index contributed by atoms with van der Waals surface area (Å²) in [6.07, 6.45) is 0. The van der Waals surface area contributed by atoms with Crippen molar-refractivity contribution >= 4 is 28.1 Å². The summed E-state index contributed by atoms with van der Waals surface area (Å²) in [6, 6.07) is 19.7. The molecule has 1 heterocycles. The minimum absolute atomic E-state index is 0.715. The predicted molar refractivity (Wildman–Crippen MR) is 75.9 cm³/mol. The van der Waals surface area contributed by atoms with E-state index in [2.05, 4.69) is 10.3 Å². The molecule has 0 amide bonds. The normalized spacial score (nSPS) is 10.4. The second-order valence-corrected chi connectivity index (χ2v) is 4.10. The van der Waals surface area contributed by atoms with Crippen LogP contribution in [0.3, 0.4) is 0 Å². The second-order valence-electron chi connectivity index (χ2n) is 4.10. The van der Waals surface area contributed by atoms with Crippen molar-refractivity contribution in [3.8, 4) is 0 Å². The minimum atomic E-state index is 0.715. The molecule has 3 heteroatoms. The van der Waals surface area contributed by atoms with Crippen molar-refractivity contribution in [1.82, 2.24) is 4.98 Å². The van der Waals surface area contributed by atoms with Gasteiger partial charge in [0.2, 0.25) is 0 Å². The van der Waals surface area contributed by atoms with E-state index >= 15 is 0 Å². The lowest BCUT2D eigenvalue weighted by atomic mass is 10.2. The van der Waals surface area contributed by atoms with Gasteiger partial charge < -0.3 is 11.1 Å². The molecule has 1 aromatic heterocycles. The third kappa shape index (κ3) is 1.98. The van der Waals surface area contributed by atoms with Crippen LogP contribution in [0.5, 0.6) is 0 Å². The summed E-state index contributed by atoms with van der Waals surface area (Å²) in [6.45, 7) is 0. The molecule has 0 atom stereocenters. The van der Waals surface area contributed by atoms with Crippen molar-refractivity contribution in [2.75, 3.05) is 11.1 Å². The molecular formula is C15H13N3. The van der Waals surface area contributed by atoms with Crippen molar-refractivity contribution in [1.29, 1.82) is 0 Å². The molecule has 0 saturated heterocycles. The lowest BCUT2D eigenvalue weighted by Crippen LogP contribution is -1.97. The van der Waals surface area contributed by atoms with Crippen LogP contribution in [0, 0.1) is 0 Å². The molecule has 0 bridgehead atoms. The molecule has 2 aromatic carbocycles. The standard InChI is InChI=1S/C15H13N3/c16-12-6-2-4-8-14(12)18-15-10-9-11-5-1-3-7-13(11)17-15/h1-10H,16H2,(H,17,18). The van der Waals surface area contributed by atoms with Crippen LogP contribution in [0.15, 0.2) is 60.7 Å². The summed E-state index contributed by atoms with van der Waals surface area (Å²) in [5.74, 6) is 0.798. The summed E-state index contributed by atoms with van der Waals surface area (Å²) in [5.41, 5.74) is 8.45. The fourth-order valence-corrected chi connectivity index (χ4v) is 1.88. The fraction of sp³-hybridized carbons (Fsp3) is 0. The Morgan fingerprint density at radius 3 is 2.50 bits per heavy atom. The van der Waals surface area contributed by atoms with Crippen LogP contribution in [0.4, 0.5) is 17.2 Å². The van der Waals surface area contributed by atoms with E-state index in [1.54, 1.807) is 0 Å². The number of fused-ring (bicyclic) bond motifs is 1. The van der Waals surface area contributed by atoms with Crippen molar-refractivity contribution in [2.45, 2.75) is 0 Å². The smallest absolute Gasteiger partial charge is 0.131 e. The van der Waals surface area contributed by atoms with Crippen LogP contribution >= 0.6 is 0 Å². The molecule has 0 radical (unpaired) electrons. The number of anilines is 3. The number of nitrogens with zero attached hydrogens (tertiary/aromatic N) is 1. The molecule has 0 aliphatic carbocycles. The topological polar surface area (TPSA) is 50.9 Å². The Bertz CT molecular complexity index is 692. The van der Waals surface area contributed by atoms with Crippen LogP contribution in [0.2, 0.25) is 0 Å². The van der Waals surface area contributed by atoms with E-state index < -0.39 is 0 Å². The largest absolute Gasteiger partial charge is 0.397 e. The highest BCUT2D eigenvalue weighted by Gasteiger charge is 2.00. The summed E-state index contributed by atoms with van der Waals surface area (Å²) in [7, 11) is 0. The summed E-state index contributed by atoms with van der Waals surface area (Å²) < 4.78 is 0. The summed E-state index contributed by atoms with van der Waals surface area (Å²) >= 11 is 0. The first-order chi connectivity index (χ1) is 8.83. The molecule has 0 unspecified atom stereocenters. The Morgan fingerprint density at radius 1 is 0.833 bits per heavy atom. The number of nitrogens with two attached hydrogens (primary N) is 1. The van der Waals surface area contributed by atoms with E-state index in [-0.39, 0.29) is 0 Å². The van der Waals surface area contributed by atoms with Crippen LogP contribution in [-0.2, 0) is 0 Å². The van der Waals surface area contributed by atoms with Gasteiger partial charge in [-0.25, -0.2) is 4.98 Å². The van der Waals surface area contributed by atoms with Gasteiger partial charge in [-0.3, -0.25) is 0 Å². The van der Waals surface area contributed by atoms with Crippen LogP contribution in [0.1, 0.15) is 0 Å². The Kier molecular flexibility index (Phi) is 2.57. The number of pyridine rings is 1. The minimum Gasteiger partial charge on any atom is -0.397 e. The Hall–Kier alpha value is -2.55. The van der Waals surface area contributed by atoms with Gasteiger partial charge in [-0.2, -0.15) is 0 Å². The highest BCUT2D eigenvalue weighted by Crippen LogP contribution is 2.22. The number of aromatic nitrogens is 1. The lowest BCUT2D eigenvalue weighted by Gasteiger charge is -2.08. The summed E-state index contributed by atoms with van der Waals surface area (Å²) in [4.78, 5) is 4.54. The van der Waals surface area contributed by atoms with Gasteiger partial charge in [-0.05, 0) is 30.3 Å². The maximum atomic E-state index is 5.89. The molecule has 3 aromatic rings. The van der Waals surface area contributed by atoms with Gasteiger partial charge >= 0.3 is 0 Å². The quantitative estimate of drug-likeness (QED) is 0.668. The van der Waals surface area contributed by atoms with E-state index in [0.29, 0.717) is 5.69 Å². The molecule has 0 spiro atoms. The Labute approximate surface area is 105 Å². The van der Waals surface area contributed by atoms with Gasteiger partial charge in [0.1, 0.15) is 5.82 Å². The van der Waals surface area contributed by atoms with E-state index in [9.17, 15) is 0 Å². The third-order valence-corrected chi connectivity index (χ3v) is 2.82. The van der Waals surface area contributed by atoms with Crippen LogP contribution in [0.25, 0.3) is 10.9 Å². The number of nitrogen functional groups attached to an aromatic ring is 1. The maximum absolute atomic E-state index is 5.89. The highest BCUT2D eigenvalue weighted by molar-refractivity contribution is 5.81. The average molecular weight is 235 g/mol. The Morgan fingerprint density at radius 2 is 1.61 bits per heavy atom. The molecule has 0 aliphatic heterocycles. The first kappa shape index (κ1) is 10.6. The van der Waals surface area contributed by atoms with Gasteiger partial charge in [0.15, 0.2) is 0 Å². The molecule has 3 rings (SSSR count). The first-order valence-corrected chi connectivity index (χ1v) is 5.80. The van der Waals surface area contributed by atoms with Crippen molar-refractivity contribution in [3.63, 3.8) is 0 Å². The third-order valence-electron chi connectivity index (χ3n) is 2.82. The highest BCUT2D eigenvalue weighted by atomic mass is 15.0. The number of para-hydroxylation sites is 3. The number of hydrogen-bond donors (Lipinski definition) is 2. The summed E-state index contributed by atoms with van der Waals surface area (Å²) in [5, 5.41) is 4.36. The SMILES string of the molecule is Nc1ccccc1Nc1ccc2ccccc2n1. The molecule has 88 valence electrons. The van der Waals surface area contributed by atoms with Gasteiger partial charge in [-0.15, -0.1) is 0 Å². The van der Waals surface area contributed by atoms with Crippen molar-refractivity contribution in [3.05, 3.63) is 60.7 Å². The monoisotopic (exact) mass is 235 g/mol.